The van der Waals surface area contributed by atoms with E-state index in [1.807, 2.05) is 60.5 Å². The van der Waals surface area contributed by atoms with Crippen LogP contribution in [0.4, 0.5) is 0 Å². The molecule has 1 aromatic heterocycles. The first-order valence-electron chi connectivity index (χ1n) is 10.9. The van der Waals surface area contributed by atoms with Gasteiger partial charge in [-0.2, -0.15) is 5.10 Å². The van der Waals surface area contributed by atoms with Gasteiger partial charge in [-0.1, -0.05) is 12.1 Å². The third-order valence-electron chi connectivity index (χ3n) is 5.69. The van der Waals surface area contributed by atoms with Crippen LogP contribution in [0.15, 0.2) is 76.4 Å². The van der Waals surface area contributed by atoms with Crippen molar-refractivity contribution in [3.05, 3.63) is 89.4 Å². The molecule has 34 heavy (non-hydrogen) atoms. The van der Waals surface area contributed by atoms with Gasteiger partial charge in [-0.25, -0.2) is 9.80 Å². The molecule has 1 unspecified atom stereocenters. The standard InChI is InChI=1S/C26H27N3O5/c1-28(16-18-6-8-20(9-7-18)26(31)33-3)17-25(30)29-23(24-5-4-14-34-24)15-22(27-29)19-10-12-21(32-2)13-11-19/h4-14,23H,15-17H2,1-3H3. The average molecular weight is 462 g/mol. The van der Waals surface area contributed by atoms with E-state index in [4.69, 9.17) is 13.9 Å². The van der Waals surface area contributed by atoms with E-state index in [1.165, 1.54) is 12.1 Å². The number of hydrogen-bond acceptors (Lipinski definition) is 7. The molecule has 0 N–H and O–H groups in total. The minimum absolute atomic E-state index is 0.126. The van der Waals surface area contributed by atoms with E-state index in [0.717, 1.165) is 22.6 Å². The van der Waals surface area contributed by atoms with Gasteiger partial charge in [0.2, 0.25) is 0 Å². The summed E-state index contributed by atoms with van der Waals surface area (Å²) in [5.74, 6) is 0.956. The molecule has 0 bridgehead atoms. The number of hydrogen-bond donors (Lipinski definition) is 0. The number of ether oxygens (including phenoxy) is 2. The lowest BCUT2D eigenvalue weighted by molar-refractivity contribution is -0.134. The summed E-state index contributed by atoms with van der Waals surface area (Å²) < 4.78 is 15.6. The van der Waals surface area contributed by atoms with Crippen molar-refractivity contribution in [2.45, 2.75) is 19.0 Å². The van der Waals surface area contributed by atoms with Crippen molar-refractivity contribution >= 4 is 17.6 Å². The Morgan fingerprint density at radius 3 is 2.44 bits per heavy atom. The Morgan fingerprint density at radius 2 is 1.82 bits per heavy atom. The summed E-state index contributed by atoms with van der Waals surface area (Å²) in [7, 11) is 4.85. The predicted molar refractivity (Wildman–Crippen MR) is 127 cm³/mol. The molecule has 0 saturated carbocycles. The fourth-order valence-electron chi connectivity index (χ4n) is 3.94. The summed E-state index contributed by atoms with van der Waals surface area (Å²) in [4.78, 5) is 26.8. The lowest BCUT2D eigenvalue weighted by atomic mass is 10.0. The number of furan rings is 1. The molecule has 0 aliphatic carbocycles. The number of amides is 1. The zero-order valence-electron chi connectivity index (χ0n) is 19.4. The molecule has 3 aromatic rings. The molecule has 1 atom stereocenters. The highest BCUT2D eigenvalue weighted by Crippen LogP contribution is 2.33. The third-order valence-corrected chi connectivity index (χ3v) is 5.69. The second-order valence-electron chi connectivity index (χ2n) is 8.11. The van der Waals surface area contributed by atoms with E-state index < -0.39 is 0 Å². The van der Waals surface area contributed by atoms with Gasteiger partial charge < -0.3 is 13.9 Å². The number of hydrazone groups is 1. The lowest BCUT2D eigenvalue weighted by Gasteiger charge is -2.23. The maximum Gasteiger partial charge on any atom is 0.337 e. The van der Waals surface area contributed by atoms with Crippen LogP contribution in [0.25, 0.3) is 0 Å². The van der Waals surface area contributed by atoms with Crippen molar-refractivity contribution in [3.8, 4) is 5.75 Å². The number of carbonyl (C=O) groups excluding carboxylic acids is 2. The highest BCUT2D eigenvalue weighted by atomic mass is 16.5. The molecule has 8 heteroatoms. The smallest absolute Gasteiger partial charge is 0.337 e. The summed E-state index contributed by atoms with van der Waals surface area (Å²) in [6, 6.07) is 18.2. The van der Waals surface area contributed by atoms with Gasteiger partial charge in [-0.05, 0) is 66.7 Å². The first-order valence-corrected chi connectivity index (χ1v) is 10.9. The Balaban J connectivity index is 1.47. The fraction of sp³-hybridized carbons (Fsp3) is 0.269. The Morgan fingerprint density at radius 1 is 1.09 bits per heavy atom. The van der Waals surface area contributed by atoms with E-state index in [2.05, 4.69) is 5.10 Å². The zero-order valence-corrected chi connectivity index (χ0v) is 19.4. The highest BCUT2D eigenvalue weighted by molar-refractivity contribution is 6.03. The van der Waals surface area contributed by atoms with Crippen LogP contribution in [0.2, 0.25) is 0 Å². The van der Waals surface area contributed by atoms with Gasteiger partial charge >= 0.3 is 5.97 Å². The van der Waals surface area contributed by atoms with Crippen LogP contribution in [-0.4, -0.2) is 55.3 Å². The zero-order chi connectivity index (χ0) is 24.1. The molecule has 0 fully saturated rings. The first kappa shape index (κ1) is 23.3. The number of esters is 1. The van der Waals surface area contributed by atoms with Crippen LogP contribution < -0.4 is 4.74 Å². The van der Waals surface area contributed by atoms with Crippen LogP contribution in [0, 0.1) is 0 Å². The van der Waals surface area contributed by atoms with Crippen LogP contribution in [0.3, 0.4) is 0 Å². The maximum absolute atomic E-state index is 13.3. The molecular formula is C26H27N3O5. The summed E-state index contributed by atoms with van der Waals surface area (Å²) in [5, 5.41) is 6.20. The van der Waals surface area contributed by atoms with Gasteiger partial charge in [0, 0.05) is 13.0 Å². The van der Waals surface area contributed by atoms with E-state index in [0.29, 0.717) is 24.3 Å². The second-order valence-corrected chi connectivity index (χ2v) is 8.11. The third kappa shape index (κ3) is 5.18. The first-order chi connectivity index (χ1) is 16.5. The molecule has 1 amide bonds. The van der Waals surface area contributed by atoms with Gasteiger partial charge in [0.25, 0.3) is 5.91 Å². The Hall–Kier alpha value is -3.91. The molecule has 0 radical (unpaired) electrons. The monoisotopic (exact) mass is 461 g/mol. The van der Waals surface area contributed by atoms with Crippen LogP contribution in [0.1, 0.15) is 39.7 Å². The van der Waals surface area contributed by atoms with Crippen molar-refractivity contribution in [1.29, 1.82) is 0 Å². The largest absolute Gasteiger partial charge is 0.497 e. The number of rotatable bonds is 8. The Labute approximate surface area is 198 Å². The van der Waals surface area contributed by atoms with E-state index >= 15 is 0 Å². The van der Waals surface area contributed by atoms with E-state index in [-0.39, 0.29) is 24.5 Å². The minimum Gasteiger partial charge on any atom is -0.497 e. The van der Waals surface area contributed by atoms with Crippen LogP contribution in [-0.2, 0) is 16.1 Å². The van der Waals surface area contributed by atoms with Crippen molar-refractivity contribution in [3.63, 3.8) is 0 Å². The SMILES string of the molecule is COC(=O)c1ccc(CN(C)CC(=O)N2N=C(c3ccc(OC)cc3)CC2c2ccco2)cc1. The predicted octanol–water partition coefficient (Wildman–Crippen LogP) is 3.88. The van der Waals surface area contributed by atoms with Gasteiger partial charge in [0.05, 0.1) is 38.3 Å². The molecule has 1 aliphatic rings. The number of likely N-dealkylation sites (N-methyl/N-ethyl adjacent to an activating group) is 1. The Kier molecular flexibility index (Phi) is 7.08. The van der Waals surface area contributed by atoms with Gasteiger partial charge in [-0.3, -0.25) is 9.69 Å². The molecule has 8 nitrogen and oxygen atoms in total. The van der Waals surface area contributed by atoms with E-state index in [1.54, 1.807) is 25.5 Å². The fourth-order valence-corrected chi connectivity index (χ4v) is 3.94. The summed E-state index contributed by atoms with van der Waals surface area (Å²) in [6.45, 7) is 0.719. The number of benzene rings is 2. The number of nitrogens with zero attached hydrogens (tertiary/aromatic N) is 3. The summed E-state index contributed by atoms with van der Waals surface area (Å²) >= 11 is 0. The van der Waals surface area contributed by atoms with Crippen LogP contribution in [0.5, 0.6) is 5.75 Å². The van der Waals surface area contributed by atoms with Crippen LogP contribution >= 0.6 is 0 Å². The number of carbonyl (C=O) groups is 2. The van der Waals surface area contributed by atoms with Crippen molar-refractivity contribution < 1.29 is 23.5 Å². The van der Waals surface area contributed by atoms with Gasteiger partial charge in [0.1, 0.15) is 17.6 Å². The minimum atomic E-state index is -0.376. The van der Waals surface area contributed by atoms with Crippen molar-refractivity contribution in [2.24, 2.45) is 5.10 Å². The van der Waals surface area contributed by atoms with Gasteiger partial charge in [0.15, 0.2) is 0 Å². The second kappa shape index (κ2) is 10.4. The lowest BCUT2D eigenvalue weighted by Crippen LogP contribution is -2.36. The molecule has 2 heterocycles. The quantitative estimate of drug-likeness (QED) is 0.474. The molecule has 176 valence electrons. The topological polar surface area (TPSA) is 84.6 Å². The molecule has 1 aliphatic heterocycles. The molecule has 2 aromatic carbocycles. The maximum atomic E-state index is 13.3. The molecule has 4 rings (SSSR count). The van der Waals surface area contributed by atoms with Gasteiger partial charge in [-0.15, -0.1) is 0 Å². The molecule has 0 spiro atoms. The average Bonchev–Trinajstić information content (AvgIpc) is 3.54. The summed E-state index contributed by atoms with van der Waals surface area (Å²) in [5.41, 5.74) is 3.23. The Bertz CT molecular complexity index is 1150. The van der Waals surface area contributed by atoms with E-state index in [9.17, 15) is 9.59 Å². The molecule has 0 saturated heterocycles. The normalized spacial score (nSPS) is 15.4. The number of methoxy groups -OCH3 is 2. The van der Waals surface area contributed by atoms with Crippen molar-refractivity contribution in [2.75, 3.05) is 27.8 Å². The summed E-state index contributed by atoms with van der Waals surface area (Å²) in [6.07, 6.45) is 2.16. The molecular weight excluding hydrogens is 434 g/mol. The highest BCUT2D eigenvalue weighted by Gasteiger charge is 2.35. The van der Waals surface area contributed by atoms with Crippen molar-refractivity contribution in [1.82, 2.24) is 9.91 Å².